The van der Waals surface area contributed by atoms with E-state index in [1.54, 1.807) is 20.3 Å². The number of methoxy groups -OCH3 is 3. The van der Waals surface area contributed by atoms with Crippen LogP contribution in [0.25, 0.3) is 0 Å². The highest BCUT2D eigenvalue weighted by molar-refractivity contribution is 5.91. The molecule has 0 saturated heterocycles. The minimum absolute atomic E-state index is 0.248. The normalized spacial score (nSPS) is 10.9. The highest BCUT2D eigenvalue weighted by atomic mass is 19.1. The second-order valence-electron chi connectivity index (χ2n) is 4.55. The van der Waals surface area contributed by atoms with Crippen molar-refractivity contribution in [1.82, 2.24) is 4.90 Å². The van der Waals surface area contributed by atoms with E-state index in [1.165, 1.54) is 19.2 Å². The molecular formula is C15H22FNO4. The number of carbonyl (C=O) groups is 1. The average molecular weight is 299 g/mol. The van der Waals surface area contributed by atoms with Crippen LogP contribution in [0.2, 0.25) is 0 Å². The number of hydrogen-bond donors (Lipinski definition) is 0. The summed E-state index contributed by atoms with van der Waals surface area (Å²) in [6.07, 6.45) is 0. The maximum absolute atomic E-state index is 13.3. The van der Waals surface area contributed by atoms with Crippen LogP contribution in [0.5, 0.6) is 0 Å². The standard InChI is InChI=1S/C15H22FNO4/c1-19-8-6-17(7-9-20-2)11-12-4-5-13(16)10-14(12)15(18)21-3/h4-5,10H,6-9,11H2,1-3H3. The van der Waals surface area contributed by atoms with Crippen LogP contribution in [-0.4, -0.2) is 58.5 Å². The fourth-order valence-corrected chi connectivity index (χ4v) is 1.94. The molecule has 0 saturated carbocycles. The molecule has 5 nitrogen and oxygen atoms in total. The maximum atomic E-state index is 13.3. The molecule has 0 radical (unpaired) electrons. The third-order valence-electron chi connectivity index (χ3n) is 3.09. The highest BCUT2D eigenvalue weighted by Gasteiger charge is 2.15. The van der Waals surface area contributed by atoms with Crippen LogP contribution in [0, 0.1) is 5.82 Å². The van der Waals surface area contributed by atoms with Gasteiger partial charge >= 0.3 is 5.97 Å². The molecule has 21 heavy (non-hydrogen) atoms. The minimum Gasteiger partial charge on any atom is -0.465 e. The van der Waals surface area contributed by atoms with Crippen molar-refractivity contribution in [2.24, 2.45) is 0 Å². The molecule has 1 aromatic rings. The van der Waals surface area contributed by atoms with E-state index in [-0.39, 0.29) is 5.56 Å². The largest absolute Gasteiger partial charge is 0.465 e. The molecule has 0 atom stereocenters. The second kappa shape index (κ2) is 9.44. The van der Waals surface area contributed by atoms with Crippen molar-refractivity contribution in [2.45, 2.75) is 6.54 Å². The first-order valence-corrected chi connectivity index (χ1v) is 6.69. The summed E-state index contributed by atoms with van der Waals surface area (Å²) >= 11 is 0. The lowest BCUT2D eigenvalue weighted by molar-refractivity contribution is 0.0596. The van der Waals surface area contributed by atoms with Gasteiger partial charge in [-0.05, 0) is 17.7 Å². The SMILES string of the molecule is COCCN(CCOC)Cc1ccc(F)cc1C(=O)OC. The van der Waals surface area contributed by atoms with Crippen LogP contribution in [0.4, 0.5) is 4.39 Å². The van der Waals surface area contributed by atoms with Gasteiger partial charge in [0.2, 0.25) is 0 Å². The van der Waals surface area contributed by atoms with Crippen molar-refractivity contribution >= 4 is 5.97 Å². The smallest absolute Gasteiger partial charge is 0.338 e. The number of halogens is 1. The van der Waals surface area contributed by atoms with Gasteiger partial charge in [0.1, 0.15) is 5.82 Å². The van der Waals surface area contributed by atoms with Crippen LogP contribution in [0.3, 0.4) is 0 Å². The lowest BCUT2D eigenvalue weighted by Crippen LogP contribution is -2.31. The Morgan fingerprint density at radius 3 is 2.29 bits per heavy atom. The Morgan fingerprint density at radius 2 is 1.76 bits per heavy atom. The van der Waals surface area contributed by atoms with E-state index in [4.69, 9.17) is 14.2 Å². The minimum atomic E-state index is -0.539. The molecule has 1 aromatic carbocycles. The monoisotopic (exact) mass is 299 g/mol. The van der Waals surface area contributed by atoms with Gasteiger partial charge in [-0.25, -0.2) is 9.18 Å². The van der Waals surface area contributed by atoms with Gasteiger partial charge < -0.3 is 14.2 Å². The Kier molecular flexibility index (Phi) is 7.89. The van der Waals surface area contributed by atoms with Crippen molar-refractivity contribution in [3.63, 3.8) is 0 Å². The molecule has 118 valence electrons. The quantitative estimate of drug-likeness (QED) is 0.650. The van der Waals surface area contributed by atoms with Crippen LogP contribution in [-0.2, 0) is 20.8 Å². The average Bonchev–Trinajstić information content (AvgIpc) is 2.50. The zero-order valence-electron chi connectivity index (χ0n) is 12.7. The van der Waals surface area contributed by atoms with Crippen molar-refractivity contribution in [3.8, 4) is 0 Å². The fourth-order valence-electron chi connectivity index (χ4n) is 1.94. The summed E-state index contributed by atoms with van der Waals surface area (Å²) in [5.41, 5.74) is 0.966. The molecule has 1 rings (SSSR count). The van der Waals surface area contributed by atoms with Crippen molar-refractivity contribution in [2.75, 3.05) is 47.6 Å². The first-order chi connectivity index (χ1) is 10.1. The molecule has 0 amide bonds. The number of nitrogens with zero attached hydrogens (tertiary/aromatic N) is 1. The molecule has 0 spiro atoms. The Hall–Kier alpha value is -1.50. The second-order valence-corrected chi connectivity index (χ2v) is 4.55. The van der Waals surface area contributed by atoms with Gasteiger partial charge in [0, 0.05) is 33.9 Å². The summed E-state index contributed by atoms with van der Waals surface area (Å²) in [5, 5.41) is 0. The summed E-state index contributed by atoms with van der Waals surface area (Å²) in [6.45, 7) is 3.02. The molecule has 0 aliphatic carbocycles. The van der Waals surface area contributed by atoms with Crippen LogP contribution < -0.4 is 0 Å². The number of carbonyl (C=O) groups excluding carboxylic acids is 1. The summed E-state index contributed by atoms with van der Waals surface area (Å²) in [4.78, 5) is 13.8. The van der Waals surface area contributed by atoms with Gasteiger partial charge in [-0.15, -0.1) is 0 Å². The first-order valence-electron chi connectivity index (χ1n) is 6.69. The lowest BCUT2D eigenvalue weighted by Gasteiger charge is -2.22. The predicted molar refractivity (Wildman–Crippen MR) is 76.8 cm³/mol. The van der Waals surface area contributed by atoms with E-state index < -0.39 is 11.8 Å². The van der Waals surface area contributed by atoms with Gasteiger partial charge in [-0.2, -0.15) is 0 Å². The summed E-state index contributed by atoms with van der Waals surface area (Å²) in [7, 11) is 4.54. The number of benzene rings is 1. The lowest BCUT2D eigenvalue weighted by atomic mass is 10.1. The van der Waals surface area contributed by atoms with Gasteiger partial charge in [0.15, 0.2) is 0 Å². The van der Waals surface area contributed by atoms with E-state index in [2.05, 4.69) is 4.90 Å². The van der Waals surface area contributed by atoms with Crippen LogP contribution in [0.15, 0.2) is 18.2 Å². The fraction of sp³-hybridized carbons (Fsp3) is 0.533. The highest BCUT2D eigenvalue weighted by Crippen LogP contribution is 2.15. The third kappa shape index (κ3) is 5.79. The van der Waals surface area contributed by atoms with Crippen molar-refractivity contribution in [3.05, 3.63) is 35.1 Å². The van der Waals surface area contributed by atoms with E-state index in [9.17, 15) is 9.18 Å². The molecule has 0 heterocycles. The van der Waals surface area contributed by atoms with E-state index in [1.807, 2.05) is 0 Å². The maximum Gasteiger partial charge on any atom is 0.338 e. The third-order valence-corrected chi connectivity index (χ3v) is 3.09. The summed E-state index contributed by atoms with van der Waals surface area (Å²) in [6, 6.07) is 4.15. The van der Waals surface area contributed by atoms with E-state index in [0.29, 0.717) is 32.8 Å². The van der Waals surface area contributed by atoms with Crippen molar-refractivity contribution in [1.29, 1.82) is 0 Å². The number of rotatable bonds is 9. The van der Waals surface area contributed by atoms with Crippen molar-refractivity contribution < 1.29 is 23.4 Å². The predicted octanol–water partition coefficient (Wildman–Crippen LogP) is 1.71. The van der Waals surface area contributed by atoms with Crippen LogP contribution in [0.1, 0.15) is 15.9 Å². The number of ether oxygens (including phenoxy) is 3. The van der Waals surface area contributed by atoms with Gasteiger partial charge in [0.05, 0.1) is 25.9 Å². The number of hydrogen-bond acceptors (Lipinski definition) is 5. The zero-order valence-corrected chi connectivity index (χ0v) is 12.7. The summed E-state index contributed by atoms with van der Waals surface area (Å²) in [5.74, 6) is -0.998. The summed E-state index contributed by atoms with van der Waals surface area (Å²) < 4.78 is 28.2. The molecular weight excluding hydrogens is 277 g/mol. The molecule has 0 aliphatic rings. The van der Waals surface area contributed by atoms with Gasteiger partial charge in [-0.1, -0.05) is 6.07 Å². The Balaban J connectivity index is 2.88. The Labute approximate surface area is 124 Å². The number of esters is 1. The molecule has 0 fully saturated rings. The molecule has 0 aromatic heterocycles. The Bertz CT molecular complexity index is 445. The molecule has 0 bridgehead atoms. The molecule has 0 N–H and O–H groups in total. The first kappa shape index (κ1) is 17.6. The molecule has 0 unspecified atom stereocenters. The Morgan fingerprint density at radius 1 is 1.14 bits per heavy atom. The molecule has 6 heteroatoms. The topological polar surface area (TPSA) is 48.0 Å². The zero-order chi connectivity index (χ0) is 15.7. The van der Waals surface area contributed by atoms with Gasteiger partial charge in [-0.3, -0.25) is 4.90 Å². The van der Waals surface area contributed by atoms with Crippen LogP contribution >= 0.6 is 0 Å². The van der Waals surface area contributed by atoms with E-state index >= 15 is 0 Å². The van der Waals surface area contributed by atoms with Gasteiger partial charge in [0.25, 0.3) is 0 Å². The molecule has 0 aliphatic heterocycles. The van der Waals surface area contributed by atoms with E-state index in [0.717, 1.165) is 5.56 Å².